The number of carbonyl (C=O) groups excluding carboxylic acids is 4. The number of esters is 4. The summed E-state index contributed by atoms with van der Waals surface area (Å²) in [7, 11) is -9.89. The van der Waals surface area contributed by atoms with Crippen LogP contribution in [0.15, 0.2) is 0 Å². The van der Waals surface area contributed by atoms with Crippen molar-refractivity contribution in [3.05, 3.63) is 0 Å². The van der Waals surface area contributed by atoms with Gasteiger partial charge >= 0.3 is 39.5 Å². The van der Waals surface area contributed by atoms with Gasteiger partial charge in [0.25, 0.3) is 0 Å². The number of phosphoric ester groups is 2. The Balaban J connectivity index is 5.17. The summed E-state index contributed by atoms with van der Waals surface area (Å²) in [5, 5.41) is 10.6. The summed E-state index contributed by atoms with van der Waals surface area (Å²) in [6.07, 6.45) is 46.0. The third-order valence-corrected chi connectivity index (χ3v) is 17.9. The van der Waals surface area contributed by atoms with Crippen LogP contribution in [0.5, 0.6) is 0 Å². The first-order valence-corrected chi connectivity index (χ1v) is 39.0. The molecule has 19 heteroatoms. The molecule has 522 valence electrons. The number of phosphoric acid groups is 2. The van der Waals surface area contributed by atoms with E-state index < -0.39 is 97.5 Å². The van der Waals surface area contributed by atoms with Crippen molar-refractivity contribution in [1.29, 1.82) is 0 Å². The first-order chi connectivity index (χ1) is 42.4. The van der Waals surface area contributed by atoms with Crippen molar-refractivity contribution >= 4 is 39.5 Å². The van der Waals surface area contributed by atoms with Gasteiger partial charge < -0.3 is 33.8 Å². The van der Waals surface area contributed by atoms with Crippen LogP contribution in [0.1, 0.15) is 350 Å². The zero-order valence-electron chi connectivity index (χ0n) is 57.0. The Bertz CT molecular complexity index is 1720. The molecule has 3 N–H and O–H groups in total. The SMILES string of the molecule is CCCCCCCCCCCC(=O)O[C@H](COC(=O)CCCCCCCCC)COP(=O)(O)OC[C@H](O)COP(=O)(O)OC[C@@H](COC(=O)CCCCCCCCCCCCC(C)C)OC(=O)CCCCCCCCCCCCCCCCCCC(C)C. The molecule has 0 rings (SSSR count). The predicted octanol–water partition coefficient (Wildman–Crippen LogP) is 19.6. The van der Waals surface area contributed by atoms with Crippen LogP contribution in [0.4, 0.5) is 0 Å². The smallest absolute Gasteiger partial charge is 0.462 e. The number of rotatable bonds is 68. The lowest BCUT2D eigenvalue weighted by atomic mass is 10.0. The van der Waals surface area contributed by atoms with E-state index in [1.807, 2.05) is 0 Å². The van der Waals surface area contributed by atoms with Gasteiger partial charge in [-0.2, -0.15) is 0 Å². The van der Waals surface area contributed by atoms with Crippen LogP contribution in [0.3, 0.4) is 0 Å². The van der Waals surface area contributed by atoms with Crippen LogP contribution in [-0.4, -0.2) is 96.7 Å². The lowest BCUT2D eigenvalue weighted by Gasteiger charge is -2.21. The maximum Gasteiger partial charge on any atom is 0.472 e. The van der Waals surface area contributed by atoms with E-state index in [4.69, 9.17) is 37.0 Å². The van der Waals surface area contributed by atoms with E-state index in [2.05, 4.69) is 41.5 Å². The molecule has 0 aromatic heterocycles. The van der Waals surface area contributed by atoms with Crippen LogP contribution in [0.2, 0.25) is 0 Å². The summed E-state index contributed by atoms with van der Waals surface area (Å²) in [4.78, 5) is 72.3. The van der Waals surface area contributed by atoms with Gasteiger partial charge in [0.15, 0.2) is 12.2 Å². The van der Waals surface area contributed by atoms with E-state index in [0.717, 1.165) is 115 Å². The monoisotopic (exact) mass is 1300 g/mol. The maximum absolute atomic E-state index is 13.0. The summed E-state index contributed by atoms with van der Waals surface area (Å²) < 4.78 is 68.1. The molecule has 0 saturated heterocycles. The molecular weight excluding hydrogens is 1160 g/mol. The quantitative estimate of drug-likeness (QED) is 0.0222. The molecule has 0 amide bonds. The van der Waals surface area contributed by atoms with Gasteiger partial charge in [-0.3, -0.25) is 37.3 Å². The molecule has 0 heterocycles. The van der Waals surface area contributed by atoms with Crippen molar-refractivity contribution in [2.75, 3.05) is 39.6 Å². The Morgan fingerprint density at radius 3 is 0.773 bits per heavy atom. The molecule has 0 aliphatic rings. The Hall–Kier alpha value is -1.94. The van der Waals surface area contributed by atoms with E-state index in [-0.39, 0.29) is 25.7 Å². The van der Waals surface area contributed by atoms with Crippen LogP contribution in [0.25, 0.3) is 0 Å². The minimum absolute atomic E-state index is 0.105. The zero-order valence-corrected chi connectivity index (χ0v) is 58.8. The third kappa shape index (κ3) is 62.8. The second-order valence-corrected chi connectivity index (χ2v) is 28.8. The van der Waals surface area contributed by atoms with Gasteiger partial charge in [-0.15, -0.1) is 0 Å². The molecule has 0 aromatic carbocycles. The van der Waals surface area contributed by atoms with Crippen molar-refractivity contribution in [2.24, 2.45) is 11.8 Å². The topological polar surface area (TPSA) is 237 Å². The minimum Gasteiger partial charge on any atom is -0.462 e. The number of unbranched alkanes of at least 4 members (excludes halogenated alkanes) is 38. The van der Waals surface area contributed by atoms with Crippen molar-refractivity contribution in [3.63, 3.8) is 0 Å². The lowest BCUT2D eigenvalue weighted by Crippen LogP contribution is -2.30. The first kappa shape index (κ1) is 86.1. The van der Waals surface area contributed by atoms with Gasteiger partial charge in [-0.25, -0.2) is 9.13 Å². The second-order valence-electron chi connectivity index (χ2n) is 25.9. The number of hydrogen-bond donors (Lipinski definition) is 3. The number of aliphatic hydroxyl groups excluding tert-OH is 1. The number of carbonyl (C=O) groups is 4. The second kappa shape index (κ2) is 61.3. The van der Waals surface area contributed by atoms with Crippen LogP contribution in [0, 0.1) is 11.8 Å². The van der Waals surface area contributed by atoms with Gasteiger partial charge in [-0.1, -0.05) is 298 Å². The van der Waals surface area contributed by atoms with Gasteiger partial charge in [0.2, 0.25) is 0 Å². The fourth-order valence-electron chi connectivity index (χ4n) is 10.4. The highest BCUT2D eigenvalue weighted by atomic mass is 31.2. The average molecular weight is 1300 g/mol. The highest BCUT2D eigenvalue weighted by Gasteiger charge is 2.30. The van der Waals surface area contributed by atoms with E-state index in [9.17, 15) is 43.2 Å². The molecular formula is C69H134O17P2. The van der Waals surface area contributed by atoms with Crippen LogP contribution < -0.4 is 0 Å². The Labute approximate surface area is 537 Å². The van der Waals surface area contributed by atoms with Crippen molar-refractivity contribution < 1.29 is 80.2 Å². The normalized spacial score (nSPS) is 14.2. The lowest BCUT2D eigenvalue weighted by molar-refractivity contribution is -0.161. The Morgan fingerprint density at radius 1 is 0.307 bits per heavy atom. The minimum atomic E-state index is -4.95. The van der Waals surface area contributed by atoms with Crippen molar-refractivity contribution in [3.8, 4) is 0 Å². The largest absolute Gasteiger partial charge is 0.472 e. The zero-order chi connectivity index (χ0) is 65.0. The summed E-state index contributed by atoms with van der Waals surface area (Å²) in [6.45, 7) is 9.51. The fraction of sp³-hybridized carbons (Fsp3) is 0.942. The van der Waals surface area contributed by atoms with Crippen LogP contribution in [-0.2, 0) is 65.4 Å². The van der Waals surface area contributed by atoms with Crippen molar-refractivity contribution in [2.45, 2.75) is 368 Å². The average Bonchev–Trinajstić information content (AvgIpc) is 3.57. The standard InChI is InChI=1S/C69H134O17P2/c1-7-9-11-13-15-26-35-41-47-53-68(73)85-64(57-79-66(71)51-45-39-31-14-12-10-8-2)59-83-87(75,76)81-55-63(70)56-82-88(77,78)84-60-65(58-80-67(72)52-46-40-34-29-25-24-28-33-38-44-50-62(5)6)86-69(74)54-48-42-36-30-23-21-19-17-16-18-20-22-27-32-37-43-49-61(3)4/h61-65,70H,7-60H2,1-6H3,(H,75,76)(H,77,78)/t63-,64+,65+/m0/s1. The van der Waals surface area contributed by atoms with Gasteiger partial charge in [0, 0.05) is 25.7 Å². The predicted molar refractivity (Wildman–Crippen MR) is 354 cm³/mol. The number of ether oxygens (including phenoxy) is 4. The molecule has 0 bridgehead atoms. The van der Waals surface area contributed by atoms with E-state index in [0.29, 0.717) is 25.7 Å². The Kier molecular flexibility index (Phi) is 59.9. The Morgan fingerprint density at radius 2 is 0.523 bits per heavy atom. The molecule has 0 saturated carbocycles. The number of hydrogen-bond acceptors (Lipinski definition) is 15. The summed E-state index contributed by atoms with van der Waals surface area (Å²) in [5.41, 5.74) is 0. The molecule has 0 aliphatic carbocycles. The molecule has 0 aliphatic heterocycles. The molecule has 0 spiro atoms. The fourth-order valence-corrected chi connectivity index (χ4v) is 12.0. The van der Waals surface area contributed by atoms with Gasteiger partial charge in [0.05, 0.1) is 26.4 Å². The first-order valence-electron chi connectivity index (χ1n) is 36.0. The van der Waals surface area contributed by atoms with E-state index in [1.165, 1.54) is 154 Å². The summed E-state index contributed by atoms with van der Waals surface area (Å²) >= 11 is 0. The molecule has 88 heavy (non-hydrogen) atoms. The molecule has 0 radical (unpaired) electrons. The maximum atomic E-state index is 13.0. The van der Waals surface area contributed by atoms with Crippen LogP contribution >= 0.6 is 15.6 Å². The molecule has 5 atom stereocenters. The van der Waals surface area contributed by atoms with Crippen molar-refractivity contribution in [1.82, 2.24) is 0 Å². The van der Waals surface area contributed by atoms with E-state index in [1.54, 1.807) is 0 Å². The molecule has 0 fully saturated rings. The highest BCUT2D eigenvalue weighted by molar-refractivity contribution is 7.47. The molecule has 0 aromatic rings. The van der Waals surface area contributed by atoms with Gasteiger partial charge in [0.1, 0.15) is 19.3 Å². The summed E-state index contributed by atoms with van der Waals surface area (Å²) in [5.74, 6) is -0.564. The third-order valence-electron chi connectivity index (χ3n) is 16.0. The van der Waals surface area contributed by atoms with Gasteiger partial charge in [-0.05, 0) is 37.5 Å². The van der Waals surface area contributed by atoms with E-state index >= 15 is 0 Å². The molecule has 17 nitrogen and oxygen atoms in total. The molecule has 2 unspecified atom stereocenters. The highest BCUT2D eigenvalue weighted by Crippen LogP contribution is 2.45. The number of aliphatic hydroxyl groups is 1. The summed E-state index contributed by atoms with van der Waals surface area (Å²) in [6, 6.07) is 0.